The van der Waals surface area contributed by atoms with Gasteiger partial charge in [-0.15, -0.1) is 0 Å². The summed E-state index contributed by atoms with van der Waals surface area (Å²) >= 11 is 0. The maximum absolute atomic E-state index is 15.2. The second kappa shape index (κ2) is 12.9. The lowest BCUT2D eigenvalue weighted by Gasteiger charge is -2.38. The Morgan fingerprint density at radius 3 is 2.34 bits per heavy atom. The molecule has 2 aromatic carbocycles. The van der Waals surface area contributed by atoms with Crippen LogP contribution in [0.2, 0.25) is 0 Å². The first-order valence-electron chi connectivity index (χ1n) is 14.4. The van der Waals surface area contributed by atoms with Crippen LogP contribution in [-0.2, 0) is 52.7 Å². The standard InChI is InChI=1S/C31H31F5N4O7/c1-15-25(28(42)39(3)30(44)38(15)2)18-6-5-16(19-12-47-13-20(18)19)9-23(29(43)45-4)37-27(41)26-21(32)10-17(11-22(26)33)40-7-8-46-14-24(40)31(34,35)36/h5-6,10-11,23-24H,7-9,12-14H2,1-4H3,(H,37,41)/t23-,24+/m0/s1. The number of nitrogens with zero attached hydrogens (tertiary/aromatic N) is 3. The number of benzene rings is 2. The number of hydrogen-bond donors (Lipinski definition) is 1. The van der Waals surface area contributed by atoms with E-state index >= 15 is 8.78 Å². The highest BCUT2D eigenvalue weighted by atomic mass is 19.4. The second-order valence-corrected chi connectivity index (χ2v) is 11.3. The SMILES string of the molecule is COC(=O)[C@H](Cc1ccc(-c2c(C)n(C)c(=O)n(C)c2=O)c2c1COC2)NC(=O)c1c(F)cc(N2CCOC[C@@H]2C(F)(F)F)cc1F. The van der Waals surface area contributed by atoms with Crippen molar-refractivity contribution >= 4 is 17.6 Å². The minimum Gasteiger partial charge on any atom is -0.467 e. The Hall–Kier alpha value is -4.57. The van der Waals surface area contributed by atoms with Crippen LogP contribution < -0.4 is 21.5 Å². The number of nitrogens with one attached hydrogen (secondary N) is 1. The molecule has 16 heteroatoms. The van der Waals surface area contributed by atoms with Crippen LogP contribution in [0, 0.1) is 18.6 Å². The van der Waals surface area contributed by atoms with Gasteiger partial charge in [-0.05, 0) is 41.3 Å². The molecule has 5 rings (SSSR count). The van der Waals surface area contributed by atoms with Gasteiger partial charge in [0.15, 0.2) is 0 Å². The van der Waals surface area contributed by atoms with E-state index in [-0.39, 0.29) is 38.3 Å². The van der Waals surface area contributed by atoms with Gasteiger partial charge >= 0.3 is 17.8 Å². The minimum absolute atomic E-state index is 0.0939. The van der Waals surface area contributed by atoms with E-state index < -0.39 is 70.9 Å². The molecule has 252 valence electrons. The maximum Gasteiger partial charge on any atom is 0.411 e. The molecule has 1 aromatic heterocycles. The molecular weight excluding hydrogens is 635 g/mol. The average Bonchev–Trinajstić information content (AvgIpc) is 3.53. The van der Waals surface area contributed by atoms with Crippen LogP contribution in [0.4, 0.5) is 27.6 Å². The Morgan fingerprint density at radius 2 is 1.70 bits per heavy atom. The molecule has 1 fully saturated rings. The fraction of sp³-hybridized carbons (Fsp3) is 0.419. The Bertz CT molecular complexity index is 1850. The third-order valence-corrected chi connectivity index (χ3v) is 8.55. The number of carbonyl (C=O) groups excluding carboxylic acids is 2. The normalized spacial score (nSPS) is 17.0. The van der Waals surface area contributed by atoms with Crippen molar-refractivity contribution in [1.29, 1.82) is 0 Å². The molecule has 11 nitrogen and oxygen atoms in total. The number of fused-ring (bicyclic) bond motifs is 1. The van der Waals surface area contributed by atoms with Crippen molar-refractivity contribution < 1.29 is 45.8 Å². The first-order chi connectivity index (χ1) is 22.1. The highest BCUT2D eigenvalue weighted by Gasteiger charge is 2.46. The Kier molecular flexibility index (Phi) is 9.28. The molecule has 3 aromatic rings. The van der Waals surface area contributed by atoms with Gasteiger partial charge in [-0.2, -0.15) is 13.2 Å². The highest BCUT2D eigenvalue weighted by Crippen LogP contribution is 2.35. The number of rotatable bonds is 7. The summed E-state index contributed by atoms with van der Waals surface area (Å²) in [6, 6.07) is 0.919. The first kappa shape index (κ1) is 33.8. The van der Waals surface area contributed by atoms with E-state index in [9.17, 15) is 32.3 Å². The highest BCUT2D eigenvalue weighted by molar-refractivity contribution is 5.97. The Balaban J connectivity index is 1.45. The molecule has 1 N–H and O–H groups in total. The first-order valence-corrected chi connectivity index (χ1v) is 14.4. The zero-order valence-electron chi connectivity index (χ0n) is 25.8. The van der Waals surface area contributed by atoms with E-state index in [1.165, 1.54) is 18.7 Å². The van der Waals surface area contributed by atoms with E-state index in [4.69, 9.17) is 14.2 Å². The summed E-state index contributed by atoms with van der Waals surface area (Å²) in [6.45, 7) is 0.722. The van der Waals surface area contributed by atoms with E-state index in [1.54, 1.807) is 19.1 Å². The third-order valence-electron chi connectivity index (χ3n) is 8.55. The van der Waals surface area contributed by atoms with Crippen molar-refractivity contribution in [3.05, 3.63) is 84.7 Å². The molecular formula is C31H31F5N4O7. The number of aromatic nitrogens is 2. The lowest BCUT2D eigenvalue weighted by molar-refractivity contribution is -0.167. The summed E-state index contributed by atoms with van der Waals surface area (Å²) in [5.74, 6) is -5.12. The van der Waals surface area contributed by atoms with Gasteiger partial charge in [0, 0.05) is 38.4 Å². The van der Waals surface area contributed by atoms with Crippen molar-refractivity contribution in [2.45, 2.75) is 44.8 Å². The smallest absolute Gasteiger partial charge is 0.411 e. The van der Waals surface area contributed by atoms with E-state index in [2.05, 4.69) is 5.32 Å². The van der Waals surface area contributed by atoms with Crippen molar-refractivity contribution in [3.8, 4) is 11.1 Å². The summed E-state index contributed by atoms with van der Waals surface area (Å²) < 4.78 is 88.8. The molecule has 1 saturated heterocycles. The second-order valence-electron chi connectivity index (χ2n) is 11.3. The summed E-state index contributed by atoms with van der Waals surface area (Å²) in [6.07, 6.45) is -4.94. The lowest BCUT2D eigenvalue weighted by atomic mass is 9.90. The number of esters is 1. The van der Waals surface area contributed by atoms with Gasteiger partial charge in [0.2, 0.25) is 0 Å². The van der Waals surface area contributed by atoms with Crippen LogP contribution >= 0.6 is 0 Å². The van der Waals surface area contributed by atoms with Crippen LogP contribution in [0.15, 0.2) is 33.9 Å². The van der Waals surface area contributed by atoms with Crippen LogP contribution in [-0.4, -0.2) is 66.1 Å². The molecule has 1 amide bonds. The van der Waals surface area contributed by atoms with Crippen LogP contribution in [0.25, 0.3) is 11.1 Å². The molecule has 0 unspecified atom stereocenters. The van der Waals surface area contributed by atoms with Gasteiger partial charge in [0.1, 0.15) is 29.3 Å². The van der Waals surface area contributed by atoms with Crippen LogP contribution in [0.3, 0.4) is 0 Å². The van der Waals surface area contributed by atoms with Gasteiger partial charge in [0.25, 0.3) is 11.5 Å². The van der Waals surface area contributed by atoms with Crippen molar-refractivity contribution in [2.75, 3.05) is 31.8 Å². The quantitative estimate of drug-likeness (QED) is 0.302. The van der Waals surface area contributed by atoms with E-state index in [0.29, 0.717) is 40.1 Å². The molecule has 0 saturated carbocycles. The average molecular weight is 667 g/mol. The number of methoxy groups -OCH3 is 1. The Labute approximate surface area is 264 Å². The maximum atomic E-state index is 15.2. The fourth-order valence-electron chi connectivity index (χ4n) is 5.93. The number of anilines is 1. The topological polar surface area (TPSA) is 121 Å². The fourth-order valence-corrected chi connectivity index (χ4v) is 5.93. The number of halogens is 5. The van der Waals surface area contributed by atoms with Crippen LogP contribution in [0.1, 0.15) is 32.7 Å². The Morgan fingerprint density at radius 1 is 1.04 bits per heavy atom. The molecule has 0 bridgehead atoms. The van der Waals surface area contributed by atoms with E-state index in [0.717, 1.165) is 16.6 Å². The summed E-state index contributed by atoms with van der Waals surface area (Å²) in [5.41, 5.74) is 0.471. The van der Waals surface area contributed by atoms with Gasteiger partial charge < -0.3 is 29.0 Å². The van der Waals surface area contributed by atoms with Crippen molar-refractivity contribution in [3.63, 3.8) is 0 Å². The molecule has 2 atom stereocenters. The molecule has 0 aliphatic carbocycles. The van der Waals surface area contributed by atoms with Gasteiger partial charge in [-0.3, -0.25) is 14.2 Å². The minimum atomic E-state index is -4.74. The molecule has 0 radical (unpaired) electrons. The lowest BCUT2D eigenvalue weighted by Crippen LogP contribution is -2.53. The van der Waals surface area contributed by atoms with Gasteiger partial charge in [-0.25, -0.2) is 18.4 Å². The molecule has 2 aliphatic rings. The third kappa shape index (κ3) is 6.26. The van der Waals surface area contributed by atoms with Crippen molar-refractivity contribution in [2.24, 2.45) is 14.1 Å². The monoisotopic (exact) mass is 666 g/mol. The zero-order chi connectivity index (χ0) is 34.4. The van der Waals surface area contributed by atoms with Gasteiger partial charge in [0.05, 0.1) is 39.1 Å². The number of ether oxygens (including phenoxy) is 3. The number of alkyl halides is 3. The van der Waals surface area contributed by atoms with Crippen molar-refractivity contribution in [1.82, 2.24) is 14.5 Å². The zero-order valence-corrected chi connectivity index (χ0v) is 25.8. The summed E-state index contributed by atoms with van der Waals surface area (Å²) in [4.78, 5) is 52.2. The predicted octanol–water partition coefficient (Wildman–Crippen LogP) is 2.65. The number of morpholine rings is 1. The molecule has 2 aliphatic heterocycles. The largest absolute Gasteiger partial charge is 0.467 e. The number of amides is 1. The van der Waals surface area contributed by atoms with Crippen LogP contribution in [0.5, 0.6) is 0 Å². The summed E-state index contributed by atoms with van der Waals surface area (Å²) in [7, 11) is 3.96. The molecule has 3 heterocycles. The summed E-state index contributed by atoms with van der Waals surface area (Å²) in [5, 5.41) is 2.28. The molecule has 0 spiro atoms. The van der Waals surface area contributed by atoms with Gasteiger partial charge in [-0.1, -0.05) is 12.1 Å². The predicted molar refractivity (Wildman–Crippen MR) is 157 cm³/mol. The molecule has 47 heavy (non-hydrogen) atoms. The number of hydrogen-bond acceptors (Lipinski definition) is 8. The van der Waals surface area contributed by atoms with E-state index in [1.807, 2.05) is 0 Å². The number of carbonyl (C=O) groups is 2.